The Morgan fingerprint density at radius 3 is 1.14 bits per heavy atom. The third-order valence-electron chi connectivity index (χ3n) is 9.15. The van der Waals surface area contributed by atoms with Crippen molar-refractivity contribution in [1.82, 2.24) is 0 Å². The van der Waals surface area contributed by atoms with Crippen LogP contribution in [0.3, 0.4) is 0 Å². The summed E-state index contributed by atoms with van der Waals surface area (Å²) >= 11 is 0. The van der Waals surface area contributed by atoms with E-state index >= 15 is 0 Å². The Morgan fingerprint density at radius 1 is 0.431 bits per heavy atom. The van der Waals surface area contributed by atoms with Crippen LogP contribution in [0.2, 0.25) is 0 Å². The lowest BCUT2D eigenvalue weighted by atomic mass is 9.78. The summed E-state index contributed by atoms with van der Waals surface area (Å²) in [5.74, 6) is 1.97. The molecule has 4 aromatic carbocycles. The molecule has 0 heterocycles. The second-order valence-electron chi connectivity index (χ2n) is 14.3. The van der Waals surface area contributed by atoms with Gasteiger partial charge in [0.05, 0.1) is 38.1 Å². The summed E-state index contributed by atoms with van der Waals surface area (Å²) in [6, 6.07) is 30.7. The van der Waals surface area contributed by atoms with Crippen LogP contribution in [0.1, 0.15) is 84.6 Å². The van der Waals surface area contributed by atoms with Gasteiger partial charge in [-0.1, -0.05) is 76.2 Å². The highest BCUT2D eigenvalue weighted by Gasteiger charge is 2.24. The van der Waals surface area contributed by atoms with E-state index in [0.717, 1.165) is 33.8 Å². The summed E-state index contributed by atoms with van der Waals surface area (Å²) in [4.78, 5) is 0. The third-order valence-corrected chi connectivity index (χ3v) is 9.15. The third kappa shape index (κ3) is 11.7. The average molecular weight is 701 g/mol. The number of phenolic OH excluding ortho intramolecular Hbond substituents is 2. The first kappa shape index (κ1) is 39.7. The molecule has 8 heteroatoms. The van der Waals surface area contributed by atoms with Crippen molar-refractivity contribution in [1.29, 1.82) is 0 Å². The van der Waals surface area contributed by atoms with Crippen LogP contribution in [0.4, 0.5) is 0 Å². The summed E-state index contributed by atoms with van der Waals surface area (Å²) in [7, 11) is 0. The Bertz CT molecular complexity index is 1600. The van der Waals surface area contributed by atoms with Crippen molar-refractivity contribution < 1.29 is 38.6 Å². The minimum atomic E-state index is -0.456. The molecule has 0 fully saturated rings. The second kappa shape index (κ2) is 17.9. The van der Waals surface area contributed by atoms with Gasteiger partial charge in [-0.2, -0.15) is 0 Å². The molecule has 5 atom stereocenters. The SMILES string of the molecule is CC(COC(C)COC(C)Oc1ccc(C(C)(C)c2ccc(O)cc2)cc1)OCC(C)OC(C)Oc1ccc(C(C)(C)c2ccc(O)cc2)cc1. The van der Waals surface area contributed by atoms with Crippen LogP contribution in [0, 0.1) is 0 Å². The van der Waals surface area contributed by atoms with Gasteiger partial charge in [0.15, 0.2) is 12.6 Å². The molecule has 4 aromatic rings. The Balaban J connectivity index is 1.11. The molecule has 0 spiro atoms. The van der Waals surface area contributed by atoms with Gasteiger partial charge in [0, 0.05) is 10.8 Å². The lowest BCUT2D eigenvalue weighted by molar-refractivity contribution is -0.140. The van der Waals surface area contributed by atoms with Crippen molar-refractivity contribution in [2.45, 2.75) is 104 Å². The zero-order valence-electron chi connectivity index (χ0n) is 31.6. The molecule has 0 amide bonds. The Hall–Kier alpha value is -4.08. The highest BCUT2D eigenvalue weighted by atomic mass is 16.7. The van der Waals surface area contributed by atoms with Gasteiger partial charge >= 0.3 is 0 Å². The van der Waals surface area contributed by atoms with Gasteiger partial charge < -0.3 is 38.6 Å². The molecule has 0 aliphatic heterocycles. The number of rotatable bonds is 19. The van der Waals surface area contributed by atoms with Crippen molar-refractivity contribution in [3.63, 3.8) is 0 Å². The van der Waals surface area contributed by atoms with Crippen LogP contribution >= 0.6 is 0 Å². The minimum Gasteiger partial charge on any atom is -0.508 e. The van der Waals surface area contributed by atoms with Crippen LogP contribution in [0.5, 0.6) is 23.0 Å². The predicted molar refractivity (Wildman–Crippen MR) is 201 cm³/mol. The van der Waals surface area contributed by atoms with E-state index in [1.54, 1.807) is 24.3 Å². The average Bonchev–Trinajstić information content (AvgIpc) is 3.09. The van der Waals surface area contributed by atoms with E-state index in [1.165, 1.54) is 0 Å². The van der Waals surface area contributed by atoms with Crippen LogP contribution < -0.4 is 9.47 Å². The maximum atomic E-state index is 9.64. The molecule has 0 saturated carbocycles. The van der Waals surface area contributed by atoms with Crippen molar-refractivity contribution in [3.8, 4) is 23.0 Å². The summed E-state index contributed by atoms with van der Waals surface area (Å²) in [5, 5.41) is 19.3. The van der Waals surface area contributed by atoms with E-state index in [-0.39, 0.29) is 40.6 Å². The summed E-state index contributed by atoms with van der Waals surface area (Å²) in [5.41, 5.74) is 4.09. The molecule has 4 rings (SSSR count). The molecule has 0 bridgehead atoms. The van der Waals surface area contributed by atoms with Gasteiger partial charge in [0.1, 0.15) is 23.0 Å². The minimum absolute atomic E-state index is 0.128. The monoisotopic (exact) mass is 700 g/mol. The van der Waals surface area contributed by atoms with Crippen LogP contribution in [0.25, 0.3) is 0 Å². The number of hydrogen-bond acceptors (Lipinski definition) is 8. The summed E-state index contributed by atoms with van der Waals surface area (Å²) in [6.45, 7) is 19.5. The maximum absolute atomic E-state index is 9.64. The molecule has 0 radical (unpaired) electrons. The van der Waals surface area contributed by atoms with Crippen molar-refractivity contribution in [2.75, 3.05) is 19.8 Å². The molecule has 2 N–H and O–H groups in total. The lowest BCUT2D eigenvalue weighted by Crippen LogP contribution is -2.30. The van der Waals surface area contributed by atoms with E-state index in [2.05, 4.69) is 52.0 Å². The number of aromatic hydroxyl groups is 2. The number of ether oxygens (including phenoxy) is 6. The molecule has 0 saturated heterocycles. The maximum Gasteiger partial charge on any atom is 0.197 e. The molecule has 0 aromatic heterocycles. The molecular formula is C43H56O8. The predicted octanol–water partition coefficient (Wildman–Crippen LogP) is 9.13. The Labute approximate surface area is 304 Å². The van der Waals surface area contributed by atoms with Gasteiger partial charge in [0.2, 0.25) is 0 Å². The quantitative estimate of drug-likeness (QED) is 0.0936. The van der Waals surface area contributed by atoms with E-state index in [1.807, 2.05) is 83.1 Å². The fourth-order valence-corrected chi connectivity index (χ4v) is 5.77. The van der Waals surface area contributed by atoms with Crippen molar-refractivity contribution in [3.05, 3.63) is 119 Å². The Kier molecular flexibility index (Phi) is 13.9. The summed E-state index contributed by atoms with van der Waals surface area (Å²) < 4.78 is 35.9. The second-order valence-corrected chi connectivity index (χ2v) is 14.3. The number of phenols is 2. The zero-order valence-corrected chi connectivity index (χ0v) is 31.6. The van der Waals surface area contributed by atoms with Crippen LogP contribution in [-0.4, -0.2) is 60.9 Å². The zero-order chi connectivity index (χ0) is 37.2. The first-order valence-electron chi connectivity index (χ1n) is 17.8. The summed E-state index contributed by atoms with van der Waals surface area (Å²) in [6.07, 6.45) is -1.35. The number of hydrogen-bond donors (Lipinski definition) is 2. The smallest absolute Gasteiger partial charge is 0.197 e. The normalized spacial score (nSPS) is 15.1. The molecule has 276 valence electrons. The van der Waals surface area contributed by atoms with Gasteiger partial charge in [0.25, 0.3) is 0 Å². The number of benzene rings is 4. The van der Waals surface area contributed by atoms with E-state index in [0.29, 0.717) is 19.8 Å². The molecule has 51 heavy (non-hydrogen) atoms. The molecule has 0 aliphatic carbocycles. The van der Waals surface area contributed by atoms with Crippen LogP contribution in [0.15, 0.2) is 97.1 Å². The van der Waals surface area contributed by atoms with E-state index < -0.39 is 12.6 Å². The first-order valence-corrected chi connectivity index (χ1v) is 17.8. The first-order chi connectivity index (χ1) is 24.1. The fraction of sp³-hybridized carbons (Fsp3) is 0.442. The van der Waals surface area contributed by atoms with Gasteiger partial charge in [-0.05, 0) is 105 Å². The van der Waals surface area contributed by atoms with Crippen molar-refractivity contribution >= 4 is 0 Å². The van der Waals surface area contributed by atoms with Gasteiger partial charge in [-0.3, -0.25) is 0 Å². The van der Waals surface area contributed by atoms with E-state index in [4.69, 9.17) is 28.4 Å². The standard InChI is InChI=1S/C43H56O8/c1-29(47-28-31(3)49-33(5)51-41-24-16-37(17-25-41)43(8,9)35-12-20-39(45)21-13-35)26-46-30(2)27-48-32(4)50-40-22-14-36(15-23-40)42(6,7)34-10-18-38(44)19-11-34/h10-25,29-33,44-45H,26-28H2,1-9H3. The van der Waals surface area contributed by atoms with Gasteiger partial charge in [-0.25, -0.2) is 0 Å². The lowest BCUT2D eigenvalue weighted by Gasteiger charge is -2.27. The fourth-order valence-electron chi connectivity index (χ4n) is 5.77. The topological polar surface area (TPSA) is 95.8 Å². The van der Waals surface area contributed by atoms with Gasteiger partial charge in [-0.15, -0.1) is 0 Å². The largest absolute Gasteiger partial charge is 0.508 e. The van der Waals surface area contributed by atoms with Crippen molar-refractivity contribution in [2.24, 2.45) is 0 Å². The highest BCUT2D eigenvalue weighted by Crippen LogP contribution is 2.34. The molecule has 8 nitrogen and oxygen atoms in total. The Morgan fingerprint density at radius 2 is 0.745 bits per heavy atom. The molecule has 0 aliphatic rings. The highest BCUT2D eigenvalue weighted by molar-refractivity contribution is 5.43. The molecule has 5 unspecified atom stereocenters. The van der Waals surface area contributed by atoms with Crippen LogP contribution in [-0.2, 0) is 29.8 Å². The van der Waals surface area contributed by atoms with E-state index in [9.17, 15) is 10.2 Å². The molecular weight excluding hydrogens is 644 g/mol.